The molecule has 10 heteroatoms. The molecule has 0 heterocycles. The van der Waals surface area contributed by atoms with E-state index in [1.54, 1.807) is 11.0 Å². The first-order chi connectivity index (χ1) is 14.5. The number of carbonyl (C=O) groups is 3. The second kappa shape index (κ2) is 10.1. The minimum Gasteiger partial charge on any atom is -0.369 e. The predicted octanol–water partition coefficient (Wildman–Crippen LogP) is 3.09. The summed E-state index contributed by atoms with van der Waals surface area (Å²) in [5.74, 6) is -1.60. The zero-order valence-electron chi connectivity index (χ0n) is 17.0. The van der Waals surface area contributed by atoms with Crippen LogP contribution in [0.15, 0.2) is 48.5 Å². The fraction of sp³-hybridized carbons (Fsp3) is 0.286. The standard InChI is InChI=1S/C21H23F3N4O3/c1-13(2)28(11-18(25)29)12-19(30)26-16-7-3-5-14(9-16)20(31)27-17-8-4-6-15(10-17)21(22,23)24/h3-10,13H,11-12H2,1-2H3,(H2,25,29)(H,26,30)(H,27,31). The molecule has 0 unspecified atom stereocenters. The highest BCUT2D eigenvalue weighted by Crippen LogP contribution is 2.30. The number of hydrogen-bond acceptors (Lipinski definition) is 4. The van der Waals surface area contributed by atoms with Crippen LogP contribution in [0.1, 0.15) is 29.8 Å². The van der Waals surface area contributed by atoms with Crippen molar-refractivity contribution in [3.63, 3.8) is 0 Å². The average molecular weight is 436 g/mol. The third-order valence-corrected chi connectivity index (χ3v) is 4.29. The van der Waals surface area contributed by atoms with Crippen molar-refractivity contribution in [1.82, 2.24) is 4.90 Å². The number of benzene rings is 2. The molecule has 0 spiro atoms. The van der Waals surface area contributed by atoms with Gasteiger partial charge in [0.15, 0.2) is 0 Å². The van der Waals surface area contributed by atoms with Gasteiger partial charge in [0.25, 0.3) is 5.91 Å². The summed E-state index contributed by atoms with van der Waals surface area (Å²) in [6.45, 7) is 3.47. The van der Waals surface area contributed by atoms with E-state index in [2.05, 4.69) is 10.6 Å². The Morgan fingerprint density at radius 2 is 1.58 bits per heavy atom. The second-order valence-corrected chi connectivity index (χ2v) is 7.13. The highest BCUT2D eigenvalue weighted by molar-refractivity contribution is 6.05. The zero-order chi connectivity index (χ0) is 23.2. The largest absolute Gasteiger partial charge is 0.416 e. The summed E-state index contributed by atoms with van der Waals surface area (Å²) >= 11 is 0. The van der Waals surface area contributed by atoms with E-state index in [4.69, 9.17) is 5.73 Å². The first-order valence-electron chi connectivity index (χ1n) is 9.36. The molecule has 0 fully saturated rings. The lowest BCUT2D eigenvalue weighted by atomic mass is 10.1. The summed E-state index contributed by atoms with van der Waals surface area (Å²) < 4.78 is 38.5. The third-order valence-electron chi connectivity index (χ3n) is 4.29. The summed E-state index contributed by atoms with van der Waals surface area (Å²) in [6, 6.07) is 10.1. The number of primary amides is 1. The lowest BCUT2D eigenvalue weighted by Crippen LogP contribution is -2.43. The molecule has 0 aliphatic carbocycles. The van der Waals surface area contributed by atoms with Gasteiger partial charge in [-0.15, -0.1) is 0 Å². The van der Waals surface area contributed by atoms with E-state index >= 15 is 0 Å². The number of hydrogen-bond donors (Lipinski definition) is 3. The fourth-order valence-corrected chi connectivity index (χ4v) is 2.72. The molecule has 0 saturated heterocycles. The minimum absolute atomic E-state index is 0.00621. The molecular weight excluding hydrogens is 413 g/mol. The van der Waals surface area contributed by atoms with Gasteiger partial charge in [0, 0.05) is 23.0 Å². The van der Waals surface area contributed by atoms with Crippen LogP contribution in [0.5, 0.6) is 0 Å². The van der Waals surface area contributed by atoms with Gasteiger partial charge in [0.05, 0.1) is 18.7 Å². The van der Waals surface area contributed by atoms with Crippen LogP contribution < -0.4 is 16.4 Å². The lowest BCUT2D eigenvalue weighted by Gasteiger charge is -2.24. The maximum Gasteiger partial charge on any atom is 0.416 e. The fourth-order valence-electron chi connectivity index (χ4n) is 2.72. The number of nitrogens with one attached hydrogen (secondary N) is 2. The molecule has 0 aliphatic heterocycles. The van der Waals surface area contributed by atoms with Crippen LogP contribution in [0.3, 0.4) is 0 Å². The number of halogens is 3. The molecule has 4 N–H and O–H groups in total. The van der Waals surface area contributed by atoms with Crippen LogP contribution in [0.25, 0.3) is 0 Å². The van der Waals surface area contributed by atoms with Crippen LogP contribution in [-0.4, -0.2) is 41.8 Å². The molecule has 2 aromatic carbocycles. The van der Waals surface area contributed by atoms with E-state index < -0.39 is 29.5 Å². The maximum absolute atomic E-state index is 12.8. The van der Waals surface area contributed by atoms with E-state index in [0.29, 0.717) is 5.69 Å². The Morgan fingerprint density at radius 3 is 2.16 bits per heavy atom. The Kier molecular flexibility index (Phi) is 7.76. The Hall–Kier alpha value is -3.40. The Labute approximate surface area is 177 Å². The van der Waals surface area contributed by atoms with Gasteiger partial charge in [-0.05, 0) is 50.2 Å². The van der Waals surface area contributed by atoms with Crippen molar-refractivity contribution in [2.24, 2.45) is 5.73 Å². The van der Waals surface area contributed by atoms with E-state index in [9.17, 15) is 27.6 Å². The van der Waals surface area contributed by atoms with Crippen LogP contribution in [0, 0.1) is 0 Å². The number of rotatable bonds is 8. The maximum atomic E-state index is 12.8. The van der Waals surface area contributed by atoms with E-state index in [-0.39, 0.29) is 30.4 Å². The van der Waals surface area contributed by atoms with E-state index in [1.807, 2.05) is 13.8 Å². The molecule has 0 atom stereocenters. The van der Waals surface area contributed by atoms with Crippen molar-refractivity contribution in [1.29, 1.82) is 0 Å². The summed E-state index contributed by atoms with van der Waals surface area (Å²) in [5, 5.41) is 5.04. The van der Waals surface area contributed by atoms with E-state index in [1.165, 1.54) is 30.3 Å². The lowest BCUT2D eigenvalue weighted by molar-refractivity contribution is -0.137. The predicted molar refractivity (Wildman–Crippen MR) is 110 cm³/mol. The Morgan fingerprint density at radius 1 is 0.968 bits per heavy atom. The number of amides is 3. The Bertz CT molecular complexity index is 961. The first-order valence-corrected chi connectivity index (χ1v) is 9.36. The SMILES string of the molecule is CC(C)N(CC(N)=O)CC(=O)Nc1cccc(C(=O)Nc2cccc(C(F)(F)F)c2)c1. The van der Waals surface area contributed by atoms with Crippen LogP contribution in [0.4, 0.5) is 24.5 Å². The van der Waals surface area contributed by atoms with Gasteiger partial charge in [-0.2, -0.15) is 13.2 Å². The number of alkyl halides is 3. The van der Waals surface area contributed by atoms with Crippen molar-refractivity contribution >= 4 is 29.1 Å². The molecule has 3 amide bonds. The summed E-state index contributed by atoms with van der Waals surface area (Å²) in [5.41, 5.74) is 4.78. The topological polar surface area (TPSA) is 105 Å². The van der Waals surface area contributed by atoms with Gasteiger partial charge in [-0.3, -0.25) is 19.3 Å². The number of nitrogens with two attached hydrogens (primary N) is 1. The average Bonchev–Trinajstić information content (AvgIpc) is 2.66. The van der Waals surface area contributed by atoms with Crippen LogP contribution in [0.2, 0.25) is 0 Å². The first kappa shape index (κ1) is 23.9. The molecule has 0 aliphatic rings. The molecule has 166 valence electrons. The summed E-state index contributed by atoms with van der Waals surface area (Å²) in [7, 11) is 0. The second-order valence-electron chi connectivity index (χ2n) is 7.13. The van der Waals surface area contributed by atoms with Crippen LogP contribution >= 0.6 is 0 Å². The highest BCUT2D eigenvalue weighted by atomic mass is 19.4. The summed E-state index contributed by atoms with van der Waals surface area (Å²) in [4.78, 5) is 37.5. The highest BCUT2D eigenvalue weighted by Gasteiger charge is 2.30. The zero-order valence-corrected chi connectivity index (χ0v) is 17.0. The molecule has 0 aromatic heterocycles. The quantitative estimate of drug-likeness (QED) is 0.592. The van der Waals surface area contributed by atoms with Crippen LogP contribution in [-0.2, 0) is 15.8 Å². The number of carbonyl (C=O) groups excluding carboxylic acids is 3. The van der Waals surface area contributed by atoms with Gasteiger partial charge < -0.3 is 16.4 Å². The van der Waals surface area contributed by atoms with Crippen molar-refractivity contribution in [3.8, 4) is 0 Å². The van der Waals surface area contributed by atoms with Gasteiger partial charge in [0.1, 0.15) is 0 Å². The van der Waals surface area contributed by atoms with E-state index in [0.717, 1.165) is 12.1 Å². The third kappa shape index (κ3) is 7.41. The molecule has 0 saturated carbocycles. The van der Waals surface area contributed by atoms with Gasteiger partial charge in [-0.25, -0.2) is 0 Å². The summed E-state index contributed by atoms with van der Waals surface area (Å²) in [6.07, 6.45) is -4.52. The van der Waals surface area contributed by atoms with Gasteiger partial charge >= 0.3 is 6.18 Å². The van der Waals surface area contributed by atoms with Gasteiger partial charge in [-0.1, -0.05) is 12.1 Å². The molecule has 7 nitrogen and oxygen atoms in total. The molecule has 2 rings (SSSR count). The number of nitrogens with zero attached hydrogens (tertiary/aromatic N) is 1. The van der Waals surface area contributed by atoms with Crippen molar-refractivity contribution in [2.45, 2.75) is 26.1 Å². The molecule has 2 aromatic rings. The molecule has 0 bridgehead atoms. The molecule has 0 radical (unpaired) electrons. The smallest absolute Gasteiger partial charge is 0.369 e. The van der Waals surface area contributed by atoms with Crippen molar-refractivity contribution in [3.05, 3.63) is 59.7 Å². The van der Waals surface area contributed by atoms with Crippen molar-refractivity contribution in [2.75, 3.05) is 23.7 Å². The molecular formula is C21H23F3N4O3. The normalized spacial score (nSPS) is 11.5. The monoisotopic (exact) mass is 436 g/mol. The number of anilines is 2. The van der Waals surface area contributed by atoms with Gasteiger partial charge in [0.2, 0.25) is 11.8 Å². The molecule has 31 heavy (non-hydrogen) atoms. The van der Waals surface area contributed by atoms with Crippen molar-refractivity contribution < 1.29 is 27.6 Å². The Balaban J connectivity index is 2.07. The minimum atomic E-state index is -4.52.